The van der Waals surface area contributed by atoms with Crippen LogP contribution in [0.1, 0.15) is 30.4 Å². The van der Waals surface area contributed by atoms with Gasteiger partial charge in [0.1, 0.15) is 0 Å². The van der Waals surface area contributed by atoms with Gasteiger partial charge in [-0.3, -0.25) is 4.79 Å². The molecule has 0 spiro atoms. The predicted octanol–water partition coefficient (Wildman–Crippen LogP) is 2.97. The molecule has 2 nitrogen and oxygen atoms in total. The molecule has 2 rings (SSSR count). The number of nitrogens with one attached hydrogen (secondary N) is 1. The normalized spacial score (nSPS) is 14.9. The Bertz CT molecular complexity index is 399. The zero-order chi connectivity index (χ0) is 11.5. The number of halogens is 1. The van der Waals surface area contributed by atoms with Gasteiger partial charge in [-0.15, -0.1) is 0 Å². The Hall–Kier alpha value is -0.830. The van der Waals surface area contributed by atoms with Crippen molar-refractivity contribution in [3.63, 3.8) is 0 Å². The smallest absolute Gasteiger partial charge is 0.220 e. The van der Waals surface area contributed by atoms with E-state index in [2.05, 4.69) is 46.4 Å². The van der Waals surface area contributed by atoms with Crippen LogP contribution in [0.2, 0.25) is 0 Å². The average molecular weight is 282 g/mol. The van der Waals surface area contributed by atoms with Crippen LogP contribution < -0.4 is 5.32 Å². The van der Waals surface area contributed by atoms with Crippen molar-refractivity contribution < 1.29 is 4.79 Å². The number of hydrogen-bond acceptors (Lipinski definition) is 1. The first kappa shape index (κ1) is 11.6. The van der Waals surface area contributed by atoms with Crippen LogP contribution in [0.25, 0.3) is 0 Å². The molecular formula is C13H16BrNO. The first-order valence-corrected chi connectivity index (χ1v) is 6.49. The minimum atomic E-state index is 0.176. The quantitative estimate of drug-likeness (QED) is 0.903. The van der Waals surface area contributed by atoms with Gasteiger partial charge in [-0.1, -0.05) is 28.1 Å². The number of rotatable bonds is 4. The van der Waals surface area contributed by atoms with Crippen molar-refractivity contribution in [2.24, 2.45) is 0 Å². The molecule has 0 aromatic heterocycles. The lowest BCUT2D eigenvalue weighted by Crippen LogP contribution is -2.25. The summed E-state index contributed by atoms with van der Waals surface area (Å²) in [4.78, 5) is 11.5. The van der Waals surface area contributed by atoms with Gasteiger partial charge in [0.2, 0.25) is 5.91 Å². The number of carbonyl (C=O) groups is 1. The van der Waals surface area contributed by atoms with Gasteiger partial charge >= 0.3 is 0 Å². The molecule has 16 heavy (non-hydrogen) atoms. The Morgan fingerprint density at radius 3 is 2.88 bits per heavy atom. The van der Waals surface area contributed by atoms with Gasteiger partial charge in [-0.2, -0.15) is 0 Å². The van der Waals surface area contributed by atoms with Crippen molar-refractivity contribution in [3.8, 4) is 0 Å². The summed E-state index contributed by atoms with van der Waals surface area (Å²) in [5.41, 5.74) is 2.44. The van der Waals surface area contributed by atoms with Gasteiger partial charge in [-0.05, 0) is 43.4 Å². The summed E-state index contributed by atoms with van der Waals surface area (Å²) < 4.78 is 1.10. The van der Waals surface area contributed by atoms with Crippen LogP contribution in [-0.4, -0.2) is 11.9 Å². The van der Waals surface area contributed by atoms with Gasteiger partial charge in [0.05, 0.1) is 0 Å². The largest absolute Gasteiger partial charge is 0.353 e. The fourth-order valence-corrected chi connectivity index (χ4v) is 2.32. The van der Waals surface area contributed by atoms with E-state index in [1.54, 1.807) is 0 Å². The molecule has 0 atom stereocenters. The second-order valence-corrected chi connectivity index (χ2v) is 5.29. The Balaban J connectivity index is 1.85. The Labute approximate surface area is 105 Å². The van der Waals surface area contributed by atoms with Crippen LogP contribution in [0.15, 0.2) is 22.7 Å². The SMILES string of the molecule is Cc1ccc(CCC(=O)NC2CC2)c(Br)c1. The molecule has 1 N–H and O–H groups in total. The molecule has 1 aliphatic rings. The summed E-state index contributed by atoms with van der Waals surface area (Å²) >= 11 is 3.53. The first-order valence-electron chi connectivity index (χ1n) is 5.69. The molecule has 1 fully saturated rings. The predicted molar refractivity (Wildman–Crippen MR) is 68.4 cm³/mol. The molecule has 0 heterocycles. The van der Waals surface area contributed by atoms with Gasteiger partial charge in [0.25, 0.3) is 0 Å². The van der Waals surface area contributed by atoms with Crippen LogP contribution in [-0.2, 0) is 11.2 Å². The third-order valence-corrected chi connectivity index (χ3v) is 3.51. The molecule has 1 saturated carbocycles. The highest BCUT2D eigenvalue weighted by molar-refractivity contribution is 9.10. The molecular weight excluding hydrogens is 266 g/mol. The number of amides is 1. The molecule has 0 unspecified atom stereocenters. The van der Waals surface area contributed by atoms with Crippen molar-refractivity contribution in [3.05, 3.63) is 33.8 Å². The molecule has 1 aliphatic carbocycles. The van der Waals surface area contributed by atoms with E-state index < -0.39 is 0 Å². The van der Waals surface area contributed by atoms with Gasteiger partial charge in [-0.25, -0.2) is 0 Å². The van der Waals surface area contributed by atoms with E-state index in [4.69, 9.17) is 0 Å². The third kappa shape index (κ3) is 3.34. The lowest BCUT2D eigenvalue weighted by molar-refractivity contribution is -0.121. The third-order valence-electron chi connectivity index (χ3n) is 2.77. The van der Waals surface area contributed by atoms with Gasteiger partial charge in [0, 0.05) is 16.9 Å². The topological polar surface area (TPSA) is 29.1 Å². The van der Waals surface area contributed by atoms with Crippen LogP contribution in [0.4, 0.5) is 0 Å². The first-order chi connectivity index (χ1) is 7.65. The fraction of sp³-hybridized carbons (Fsp3) is 0.462. The van der Waals surface area contributed by atoms with Crippen molar-refractivity contribution in [1.29, 1.82) is 0 Å². The molecule has 1 aromatic rings. The summed E-state index contributed by atoms with van der Waals surface area (Å²) in [7, 11) is 0. The molecule has 1 aromatic carbocycles. The standard InChI is InChI=1S/C13H16BrNO/c1-9-2-3-10(12(14)8-9)4-7-13(16)15-11-5-6-11/h2-3,8,11H,4-7H2,1H3,(H,15,16). The van der Waals surface area contributed by atoms with Gasteiger partial charge < -0.3 is 5.32 Å². The van der Waals surface area contributed by atoms with E-state index in [0.717, 1.165) is 23.7 Å². The van der Waals surface area contributed by atoms with Crippen LogP contribution in [0, 0.1) is 6.92 Å². The Kier molecular flexibility index (Phi) is 3.64. The van der Waals surface area contributed by atoms with Gasteiger partial charge in [0.15, 0.2) is 0 Å². The van der Waals surface area contributed by atoms with E-state index in [1.165, 1.54) is 11.1 Å². The van der Waals surface area contributed by atoms with E-state index in [-0.39, 0.29) is 5.91 Å². The summed E-state index contributed by atoms with van der Waals surface area (Å²) in [5.74, 6) is 0.176. The minimum Gasteiger partial charge on any atom is -0.353 e. The second-order valence-electron chi connectivity index (χ2n) is 4.44. The lowest BCUT2D eigenvalue weighted by atomic mass is 10.1. The second kappa shape index (κ2) is 5.00. The highest BCUT2D eigenvalue weighted by Crippen LogP contribution is 2.21. The molecule has 0 bridgehead atoms. The van der Waals surface area contributed by atoms with E-state index >= 15 is 0 Å². The van der Waals surface area contributed by atoms with Crippen LogP contribution in [0.3, 0.4) is 0 Å². The average Bonchev–Trinajstić information content (AvgIpc) is 3.00. The fourth-order valence-electron chi connectivity index (χ4n) is 1.63. The summed E-state index contributed by atoms with van der Waals surface area (Å²) in [6.45, 7) is 2.06. The number of benzene rings is 1. The van der Waals surface area contributed by atoms with E-state index in [9.17, 15) is 4.79 Å². The van der Waals surface area contributed by atoms with Crippen molar-refractivity contribution in [2.75, 3.05) is 0 Å². The maximum absolute atomic E-state index is 11.5. The van der Waals surface area contributed by atoms with Crippen molar-refractivity contribution in [1.82, 2.24) is 5.32 Å². The zero-order valence-electron chi connectivity index (χ0n) is 9.42. The van der Waals surface area contributed by atoms with Crippen LogP contribution in [0.5, 0.6) is 0 Å². The molecule has 3 heteroatoms. The minimum absolute atomic E-state index is 0.176. The molecule has 0 saturated heterocycles. The van der Waals surface area contributed by atoms with E-state index in [1.807, 2.05) is 0 Å². The molecule has 0 aliphatic heterocycles. The maximum Gasteiger partial charge on any atom is 0.220 e. The number of aryl methyl sites for hydroxylation is 2. The van der Waals surface area contributed by atoms with Crippen molar-refractivity contribution >= 4 is 21.8 Å². The Morgan fingerprint density at radius 2 is 2.25 bits per heavy atom. The molecule has 0 radical (unpaired) electrons. The molecule has 86 valence electrons. The summed E-state index contributed by atoms with van der Waals surface area (Å²) in [6, 6.07) is 6.73. The summed E-state index contributed by atoms with van der Waals surface area (Å²) in [5, 5.41) is 3.00. The highest BCUT2D eigenvalue weighted by atomic mass is 79.9. The van der Waals surface area contributed by atoms with Crippen LogP contribution >= 0.6 is 15.9 Å². The van der Waals surface area contributed by atoms with E-state index in [0.29, 0.717) is 12.5 Å². The summed E-state index contributed by atoms with van der Waals surface area (Å²) in [6.07, 6.45) is 3.69. The number of carbonyl (C=O) groups excluding carboxylic acids is 1. The van der Waals surface area contributed by atoms with Crippen molar-refractivity contribution in [2.45, 2.75) is 38.6 Å². The monoisotopic (exact) mass is 281 g/mol. The maximum atomic E-state index is 11.5. The highest BCUT2D eigenvalue weighted by Gasteiger charge is 2.22. The Morgan fingerprint density at radius 1 is 1.50 bits per heavy atom. The lowest BCUT2D eigenvalue weighted by Gasteiger charge is -2.06. The zero-order valence-corrected chi connectivity index (χ0v) is 11.0. The molecule has 1 amide bonds. The number of hydrogen-bond donors (Lipinski definition) is 1.